The van der Waals surface area contributed by atoms with Crippen LogP contribution < -0.4 is 14.2 Å². The highest BCUT2D eigenvalue weighted by molar-refractivity contribution is 7.89. The molecule has 158 valence electrons. The van der Waals surface area contributed by atoms with Crippen LogP contribution in [-0.4, -0.2) is 27.6 Å². The van der Waals surface area contributed by atoms with Crippen molar-refractivity contribution in [2.45, 2.75) is 31.2 Å². The minimum atomic E-state index is -3.83. The van der Waals surface area contributed by atoms with Crippen molar-refractivity contribution in [1.29, 1.82) is 0 Å². The first-order valence-electron chi connectivity index (χ1n) is 9.45. The maximum absolute atomic E-state index is 13.2. The van der Waals surface area contributed by atoms with E-state index in [9.17, 15) is 8.42 Å². The molecule has 0 spiro atoms. The number of aryl methyl sites for hydroxylation is 1. The second-order valence-electron chi connectivity index (χ2n) is 7.54. The third kappa shape index (κ3) is 4.47. The van der Waals surface area contributed by atoms with Crippen LogP contribution in [0, 0.1) is 6.92 Å². The van der Waals surface area contributed by atoms with E-state index in [0.29, 0.717) is 11.5 Å². The van der Waals surface area contributed by atoms with E-state index < -0.39 is 15.6 Å². The molecule has 0 aliphatic carbocycles. The Hall–Kier alpha value is -2.90. The number of ether oxygens (including phenoxy) is 2. The number of methoxy groups -OCH3 is 2. The lowest BCUT2D eigenvalue weighted by atomic mass is 9.92. The number of hydrogen-bond donors (Lipinski definition) is 1. The molecular weight excluding hydrogens is 400 g/mol. The molecule has 0 fully saturated rings. The van der Waals surface area contributed by atoms with Gasteiger partial charge < -0.3 is 9.47 Å². The summed E-state index contributed by atoms with van der Waals surface area (Å²) in [5.74, 6) is 0.955. The van der Waals surface area contributed by atoms with E-state index in [1.807, 2.05) is 57.2 Å². The zero-order valence-corrected chi connectivity index (χ0v) is 18.6. The zero-order chi connectivity index (χ0) is 21.9. The predicted molar refractivity (Wildman–Crippen MR) is 117 cm³/mol. The molecule has 1 heterocycles. The molecule has 3 rings (SSSR count). The fourth-order valence-corrected chi connectivity index (χ4v) is 4.96. The highest BCUT2D eigenvalue weighted by Crippen LogP contribution is 2.33. The summed E-state index contributed by atoms with van der Waals surface area (Å²) in [7, 11) is -0.778. The Morgan fingerprint density at radius 2 is 1.70 bits per heavy atom. The summed E-state index contributed by atoms with van der Waals surface area (Å²) in [6, 6.07) is 14.6. The highest BCUT2D eigenvalue weighted by Gasteiger charge is 2.30. The van der Waals surface area contributed by atoms with Crippen LogP contribution in [0.15, 0.2) is 65.8 Å². The van der Waals surface area contributed by atoms with E-state index >= 15 is 0 Å². The fourth-order valence-electron chi connectivity index (χ4n) is 3.30. The van der Waals surface area contributed by atoms with Crippen molar-refractivity contribution in [1.82, 2.24) is 9.71 Å². The normalized spacial score (nSPS) is 11.9. The van der Waals surface area contributed by atoms with E-state index in [2.05, 4.69) is 9.71 Å². The molecule has 0 saturated heterocycles. The lowest BCUT2D eigenvalue weighted by Gasteiger charge is -2.27. The average Bonchev–Trinajstić information content (AvgIpc) is 2.73. The maximum Gasteiger partial charge on any atom is 0.245 e. The van der Waals surface area contributed by atoms with Crippen molar-refractivity contribution in [3.05, 3.63) is 72.1 Å². The van der Waals surface area contributed by atoms with Gasteiger partial charge in [0.1, 0.15) is 16.4 Å². The third-order valence-electron chi connectivity index (χ3n) is 4.90. The van der Waals surface area contributed by atoms with Crippen LogP contribution in [0.5, 0.6) is 11.5 Å². The summed E-state index contributed by atoms with van der Waals surface area (Å²) < 4.78 is 39.9. The lowest BCUT2D eigenvalue weighted by Crippen LogP contribution is -2.41. The van der Waals surface area contributed by atoms with Gasteiger partial charge >= 0.3 is 0 Å². The van der Waals surface area contributed by atoms with Gasteiger partial charge in [-0.05, 0) is 61.7 Å². The summed E-state index contributed by atoms with van der Waals surface area (Å²) in [4.78, 5) is 4.21. The standard InChI is InChI=1S/C23H26N2O4S/c1-16-9-10-20(28-4)22(13-16)30(26,27)25-23(2,3)18-8-6-7-17(14-18)19-11-12-24-15-21(19)29-5/h6-15,25H,1-5H3. The van der Waals surface area contributed by atoms with E-state index in [1.165, 1.54) is 7.11 Å². The van der Waals surface area contributed by atoms with Crippen LogP contribution in [-0.2, 0) is 15.6 Å². The molecule has 0 aliphatic rings. The van der Waals surface area contributed by atoms with Gasteiger partial charge in [0, 0.05) is 11.8 Å². The first-order chi connectivity index (χ1) is 14.2. The third-order valence-corrected chi connectivity index (χ3v) is 6.57. The molecule has 6 nitrogen and oxygen atoms in total. The number of hydrogen-bond acceptors (Lipinski definition) is 5. The smallest absolute Gasteiger partial charge is 0.245 e. The van der Waals surface area contributed by atoms with Crippen molar-refractivity contribution in [2.75, 3.05) is 14.2 Å². The van der Waals surface area contributed by atoms with E-state index in [1.54, 1.807) is 31.6 Å². The number of nitrogens with one attached hydrogen (secondary N) is 1. The first kappa shape index (κ1) is 21.8. The van der Waals surface area contributed by atoms with Crippen molar-refractivity contribution in [3.63, 3.8) is 0 Å². The number of nitrogens with zero attached hydrogens (tertiary/aromatic N) is 1. The Morgan fingerprint density at radius 1 is 0.967 bits per heavy atom. The van der Waals surface area contributed by atoms with Crippen molar-refractivity contribution < 1.29 is 17.9 Å². The van der Waals surface area contributed by atoms with Crippen molar-refractivity contribution >= 4 is 10.0 Å². The number of aromatic nitrogens is 1. The topological polar surface area (TPSA) is 77.5 Å². The molecule has 1 N–H and O–H groups in total. The van der Waals surface area contributed by atoms with E-state index in [4.69, 9.17) is 9.47 Å². The molecular formula is C23H26N2O4S. The average molecular weight is 427 g/mol. The van der Waals surface area contributed by atoms with Crippen molar-refractivity contribution in [3.8, 4) is 22.6 Å². The molecule has 0 amide bonds. The largest absolute Gasteiger partial charge is 0.495 e. The molecule has 30 heavy (non-hydrogen) atoms. The minimum absolute atomic E-state index is 0.116. The van der Waals surface area contributed by atoms with Gasteiger partial charge in [0.15, 0.2) is 0 Å². The Bertz CT molecular complexity index is 1160. The molecule has 1 aromatic heterocycles. The Kier molecular flexibility index (Phi) is 6.14. The minimum Gasteiger partial charge on any atom is -0.495 e. The molecule has 0 atom stereocenters. The number of benzene rings is 2. The van der Waals surface area contributed by atoms with Crippen LogP contribution in [0.1, 0.15) is 25.0 Å². The predicted octanol–water partition coefficient (Wildman–Crippen LogP) is 4.29. The molecule has 3 aromatic rings. The van der Waals surface area contributed by atoms with Gasteiger partial charge in [0.2, 0.25) is 10.0 Å². The highest BCUT2D eigenvalue weighted by atomic mass is 32.2. The molecule has 7 heteroatoms. The van der Waals surface area contributed by atoms with Gasteiger partial charge in [-0.15, -0.1) is 0 Å². The summed E-state index contributed by atoms with van der Waals surface area (Å²) in [6.07, 6.45) is 3.35. The van der Waals surface area contributed by atoms with E-state index in [-0.39, 0.29) is 4.90 Å². The lowest BCUT2D eigenvalue weighted by molar-refractivity contribution is 0.400. The molecule has 0 aliphatic heterocycles. The van der Waals surface area contributed by atoms with Gasteiger partial charge in [-0.2, -0.15) is 0 Å². The molecule has 0 bridgehead atoms. The SMILES string of the molecule is COc1cnccc1-c1cccc(C(C)(C)NS(=O)(=O)c2cc(C)ccc2OC)c1. The van der Waals surface area contributed by atoms with Crippen LogP contribution in [0.25, 0.3) is 11.1 Å². The summed E-state index contributed by atoms with van der Waals surface area (Å²) in [6.45, 7) is 5.50. The molecule has 2 aromatic carbocycles. The quantitative estimate of drug-likeness (QED) is 0.610. The van der Waals surface area contributed by atoms with Crippen LogP contribution in [0.4, 0.5) is 0 Å². The molecule has 0 saturated carbocycles. The maximum atomic E-state index is 13.2. The Balaban J connectivity index is 1.99. The van der Waals surface area contributed by atoms with Gasteiger partial charge in [0.25, 0.3) is 0 Å². The number of sulfonamides is 1. The van der Waals surface area contributed by atoms with Crippen LogP contribution >= 0.6 is 0 Å². The summed E-state index contributed by atoms with van der Waals surface area (Å²) in [5.41, 5.74) is 2.57. The molecule has 0 radical (unpaired) electrons. The Labute approximate surface area is 177 Å². The number of rotatable bonds is 7. The summed E-state index contributed by atoms with van der Waals surface area (Å²) in [5, 5.41) is 0. The van der Waals surface area contributed by atoms with Gasteiger partial charge in [-0.3, -0.25) is 4.98 Å². The van der Waals surface area contributed by atoms with Gasteiger partial charge in [-0.1, -0.05) is 24.3 Å². The van der Waals surface area contributed by atoms with E-state index in [0.717, 1.165) is 22.3 Å². The second-order valence-corrected chi connectivity index (χ2v) is 9.19. The first-order valence-corrected chi connectivity index (χ1v) is 10.9. The van der Waals surface area contributed by atoms with Gasteiger partial charge in [0.05, 0.1) is 26.0 Å². The number of pyridine rings is 1. The Morgan fingerprint density at radius 3 is 2.40 bits per heavy atom. The van der Waals surface area contributed by atoms with Gasteiger partial charge in [-0.25, -0.2) is 13.1 Å². The van der Waals surface area contributed by atoms with Crippen LogP contribution in [0.2, 0.25) is 0 Å². The van der Waals surface area contributed by atoms with Crippen LogP contribution in [0.3, 0.4) is 0 Å². The summed E-state index contributed by atoms with van der Waals surface area (Å²) >= 11 is 0. The second kappa shape index (κ2) is 8.45. The molecule has 0 unspecified atom stereocenters. The monoisotopic (exact) mass is 426 g/mol. The zero-order valence-electron chi connectivity index (χ0n) is 17.8. The van der Waals surface area contributed by atoms with Crippen molar-refractivity contribution in [2.24, 2.45) is 0 Å². The fraction of sp³-hybridized carbons (Fsp3) is 0.261.